The van der Waals surface area contributed by atoms with Crippen LogP contribution < -0.4 is 14.9 Å². The topological polar surface area (TPSA) is 115 Å². The summed E-state index contributed by atoms with van der Waals surface area (Å²) < 4.78 is 10.2. The van der Waals surface area contributed by atoms with Crippen LogP contribution in [-0.4, -0.2) is 49.5 Å². The van der Waals surface area contributed by atoms with Crippen molar-refractivity contribution in [1.29, 1.82) is 5.41 Å². The molecule has 0 heterocycles. The number of nitrogens with zero attached hydrogens (tertiary/aromatic N) is 1. The molecule has 0 aromatic heterocycles. The zero-order valence-electron chi connectivity index (χ0n) is 13.4. The van der Waals surface area contributed by atoms with Crippen molar-refractivity contribution < 1.29 is 24.5 Å². The van der Waals surface area contributed by atoms with Crippen molar-refractivity contribution in [3.05, 3.63) is 53.6 Å². The summed E-state index contributed by atoms with van der Waals surface area (Å²) in [6.07, 6.45) is 0. The minimum absolute atomic E-state index is 0.126. The average Bonchev–Trinajstić information content (AvgIpc) is 2.60. The van der Waals surface area contributed by atoms with Crippen LogP contribution in [0.4, 0.5) is 0 Å². The number of nitrogens with one attached hydrogen (secondary N) is 1. The first-order valence-corrected chi connectivity index (χ1v) is 7.18. The highest BCUT2D eigenvalue weighted by Crippen LogP contribution is 2.18. The number of benzene rings is 2. The summed E-state index contributed by atoms with van der Waals surface area (Å²) in [5, 5.41) is 24.8. The van der Waals surface area contributed by atoms with Crippen molar-refractivity contribution >= 4 is 31.0 Å². The number of rotatable bonds is 6. The fraction of sp³-hybridized carbons (Fsp3) is 0.118. The van der Waals surface area contributed by atoms with E-state index in [0.29, 0.717) is 16.8 Å². The third-order valence-corrected chi connectivity index (χ3v) is 3.20. The van der Waals surface area contributed by atoms with Crippen molar-refractivity contribution in [1.82, 2.24) is 0 Å². The molecule has 0 aliphatic heterocycles. The van der Waals surface area contributed by atoms with Crippen molar-refractivity contribution in [3.8, 4) is 11.5 Å². The first kappa shape index (κ1) is 18.1. The number of hydrogen-bond acceptors (Lipinski definition) is 4. The number of ether oxygens (including phenoxy) is 2. The van der Waals surface area contributed by atoms with E-state index in [0.717, 1.165) is 0 Å². The predicted octanol–water partition coefficient (Wildman–Crippen LogP) is 0.449. The van der Waals surface area contributed by atoms with Crippen LogP contribution in [0, 0.1) is 5.41 Å². The van der Waals surface area contributed by atoms with Gasteiger partial charge < -0.3 is 19.7 Å². The Kier molecular flexibility index (Phi) is 5.78. The van der Waals surface area contributed by atoms with E-state index in [9.17, 15) is 4.79 Å². The maximum Gasteiger partial charge on any atom is 0.370 e. The highest BCUT2D eigenvalue weighted by Gasteiger charge is 2.17. The average molecular weight is 339 g/mol. The Bertz CT molecular complexity index is 818. The van der Waals surface area contributed by atoms with Gasteiger partial charge in [0.25, 0.3) is 0 Å². The van der Waals surface area contributed by atoms with Gasteiger partial charge in [0.15, 0.2) is 12.4 Å². The van der Waals surface area contributed by atoms with Gasteiger partial charge in [0.1, 0.15) is 24.9 Å². The van der Waals surface area contributed by atoms with Crippen LogP contribution in [0.2, 0.25) is 0 Å². The van der Waals surface area contributed by atoms with Gasteiger partial charge in [-0.3, -0.25) is 5.41 Å². The maximum absolute atomic E-state index is 10.7. The lowest BCUT2D eigenvalue weighted by molar-refractivity contribution is -0.139. The zero-order valence-corrected chi connectivity index (χ0v) is 13.4. The number of hydrogen-bond donors (Lipinski definition) is 2. The van der Waals surface area contributed by atoms with Crippen LogP contribution in [-0.2, 0) is 4.79 Å². The Morgan fingerprint density at radius 2 is 1.96 bits per heavy atom. The van der Waals surface area contributed by atoms with Crippen molar-refractivity contribution in [2.45, 2.75) is 0 Å². The van der Waals surface area contributed by atoms with E-state index in [4.69, 9.17) is 32.9 Å². The summed E-state index contributed by atoms with van der Waals surface area (Å²) >= 11 is 0. The molecule has 25 heavy (non-hydrogen) atoms. The molecule has 126 valence electrons. The van der Waals surface area contributed by atoms with Crippen LogP contribution >= 0.6 is 0 Å². The standard InChI is InChI=1S/C17H15BN2O5/c1-24-12-5-2-10(3-6-12)16(19)20-17(23)13-8-11(18)4-7-14(13)25-9-15(21)22/h2-8H,9H2,1H3,(H,21,22)(H2,19,20,23)/p+1. The molecule has 0 aliphatic carbocycles. The Hall–Kier alpha value is -3.29. The monoisotopic (exact) mass is 339 g/mol. The van der Waals surface area contributed by atoms with Crippen LogP contribution in [0.15, 0.2) is 47.5 Å². The summed E-state index contributed by atoms with van der Waals surface area (Å²) in [5.41, 5.74) is 1.08. The zero-order chi connectivity index (χ0) is 18.4. The molecule has 2 radical (unpaired) electrons. The summed E-state index contributed by atoms with van der Waals surface area (Å²) in [5.74, 6) is -0.718. The normalized spacial score (nSPS) is 11.0. The lowest BCUT2D eigenvalue weighted by atomic mass is 9.94. The minimum atomic E-state index is -1.14. The molecule has 0 fully saturated rings. The Labute approximate surface area is 145 Å². The molecular weight excluding hydrogens is 323 g/mol. The molecule has 2 aromatic rings. The number of carboxylic acid groups (broad SMARTS) is 1. The highest BCUT2D eigenvalue weighted by atomic mass is 16.5. The van der Waals surface area contributed by atoms with Gasteiger partial charge in [-0.1, -0.05) is 11.5 Å². The Morgan fingerprint density at radius 1 is 1.28 bits per heavy atom. The number of carboxylic acids is 1. The second kappa shape index (κ2) is 8.00. The summed E-state index contributed by atoms with van der Waals surface area (Å²) in [6, 6.07) is 11.1. The molecule has 2 aromatic carbocycles. The predicted molar refractivity (Wildman–Crippen MR) is 94.9 cm³/mol. The molecule has 0 amide bonds. The van der Waals surface area contributed by atoms with Crippen molar-refractivity contribution in [2.24, 2.45) is 4.99 Å². The van der Waals surface area contributed by atoms with Gasteiger partial charge in [0.2, 0.25) is 0 Å². The van der Waals surface area contributed by atoms with Gasteiger partial charge in [-0.2, -0.15) is 0 Å². The number of methoxy groups -OCH3 is 1. The van der Waals surface area contributed by atoms with Gasteiger partial charge in [0, 0.05) is 5.56 Å². The molecule has 0 bridgehead atoms. The van der Waals surface area contributed by atoms with Gasteiger partial charge in [-0.25, -0.2) is 4.79 Å². The molecule has 2 rings (SSSR count). The van der Waals surface area contributed by atoms with Crippen LogP contribution in [0.3, 0.4) is 0 Å². The highest BCUT2D eigenvalue weighted by molar-refractivity contribution is 6.32. The molecule has 0 unspecified atom stereocenters. The van der Waals surface area contributed by atoms with Crippen molar-refractivity contribution in [2.75, 3.05) is 13.7 Å². The number of carbonyl (C=O) groups is 1. The third-order valence-electron chi connectivity index (χ3n) is 3.20. The quantitative estimate of drug-likeness (QED) is 0.344. The van der Waals surface area contributed by atoms with Crippen LogP contribution in [0.1, 0.15) is 11.1 Å². The lowest BCUT2D eigenvalue weighted by Gasteiger charge is -2.08. The molecule has 8 heteroatoms. The van der Waals surface area contributed by atoms with Crippen molar-refractivity contribution in [3.63, 3.8) is 0 Å². The molecule has 0 aliphatic rings. The van der Waals surface area contributed by atoms with Gasteiger partial charge in [-0.15, -0.1) is 4.99 Å². The molecule has 0 atom stereocenters. The first-order valence-electron chi connectivity index (χ1n) is 7.18. The van der Waals surface area contributed by atoms with Gasteiger partial charge in [0.05, 0.1) is 7.11 Å². The van der Waals surface area contributed by atoms with E-state index >= 15 is 0 Å². The lowest BCUT2D eigenvalue weighted by Crippen LogP contribution is -2.15. The molecule has 0 saturated heterocycles. The van der Waals surface area contributed by atoms with E-state index in [-0.39, 0.29) is 23.0 Å². The van der Waals surface area contributed by atoms with E-state index in [1.54, 1.807) is 31.4 Å². The summed E-state index contributed by atoms with van der Waals surface area (Å²) in [4.78, 5) is 14.6. The minimum Gasteiger partial charge on any atom is -0.578 e. The third kappa shape index (κ3) is 4.84. The number of aliphatic imine (C=N–C) groups is 1. The fourth-order valence-corrected chi connectivity index (χ4v) is 1.98. The number of aliphatic carboxylic acids is 1. The Balaban J connectivity index is 2.29. The summed E-state index contributed by atoms with van der Waals surface area (Å²) in [6.45, 7) is -0.555. The van der Waals surface area contributed by atoms with E-state index in [2.05, 4.69) is 4.99 Å². The Morgan fingerprint density at radius 3 is 2.56 bits per heavy atom. The van der Waals surface area contributed by atoms with E-state index in [1.165, 1.54) is 18.2 Å². The smallest absolute Gasteiger partial charge is 0.370 e. The van der Waals surface area contributed by atoms with E-state index < -0.39 is 12.6 Å². The molecule has 0 spiro atoms. The molecule has 0 saturated carbocycles. The fourth-order valence-electron chi connectivity index (χ4n) is 1.98. The molecule has 7 nitrogen and oxygen atoms in total. The SMILES string of the molecule is [B]c1ccc(OCC(=O)O)c(C([OH2+])=NC(=N)c2ccc(OC)cc2)c1. The summed E-state index contributed by atoms with van der Waals surface area (Å²) in [7, 11) is 7.26. The van der Waals surface area contributed by atoms with Crippen LogP contribution in [0.25, 0.3) is 0 Å². The van der Waals surface area contributed by atoms with E-state index in [1.807, 2.05) is 0 Å². The number of amidine groups is 1. The second-order valence-corrected chi connectivity index (χ2v) is 4.98. The van der Waals surface area contributed by atoms with Gasteiger partial charge >= 0.3 is 11.9 Å². The maximum atomic E-state index is 10.7. The first-order chi connectivity index (χ1) is 11.9. The van der Waals surface area contributed by atoms with Crippen LogP contribution in [0.5, 0.6) is 11.5 Å². The second-order valence-electron chi connectivity index (χ2n) is 4.98. The largest absolute Gasteiger partial charge is 0.578 e. The van der Waals surface area contributed by atoms with Gasteiger partial charge in [-0.05, 0) is 36.4 Å². The molecule has 4 N–H and O–H groups in total. The molecular formula is C17H16BN2O5+.